The van der Waals surface area contributed by atoms with E-state index in [4.69, 9.17) is 0 Å². The lowest BCUT2D eigenvalue weighted by atomic mass is 9.87. The van der Waals surface area contributed by atoms with E-state index in [-0.39, 0.29) is 6.04 Å². The Kier molecular flexibility index (Phi) is 6.60. The summed E-state index contributed by atoms with van der Waals surface area (Å²) in [5, 5.41) is 10.8. The van der Waals surface area contributed by atoms with Gasteiger partial charge in [0.1, 0.15) is 0 Å². The molecule has 1 saturated heterocycles. The molecule has 2 nitrogen and oxygen atoms in total. The summed E-state index contributed by atoms with van der Waals surface area (Å²) >= 11 is 0. The molecule has 1 fully saturated rings. The molecule has 0 aromatic heterocycles. The van der Waals surface area contributed by atoms with Gasteiger partial charge in [-0.3, -0.25) is 0 Å². The van der Waals surface area contributed by atoms with Crippen LogP contribution in [0.3, 0.4) is 0 Å². The van der Waals surface area contributed by atoms with Crippen LogP contribution in [0.25, 0.3) is 11.1 Å². The standard InChI is InChI=1S/C32H31NO/c1-24-23-29(21-22-31(34)27-13-7-3-8-14-27)32(33(24)30-15-9-4-10-16-30)28-19-17-26(18-20-28)25-11-5-2-6-12-25/h2-20,29,31-32,34H,1,21-23H2. The molecular weight excluding hydrogens is 414 g/mol. The quantitative estimate of drug-likeness (QED) is 0.312. The summed E-state index contributed by atoms with van der Waals surface area (Å²) in [6, 6.07) is 40.2. The molecular formula is C32H31NO. The molecule has 4 aromatic carbocycles. The molecule has 34 heavy (non-hydrogen) atoms. The fourth-order valence-electron chi connectivity index (χ4n) is 5.25. The van der Waals surface area contributed by atoms with E-state index >= 15 is 0 Å². The summed E-state index contributed by atoms with van der Waals surface area (Å²) in [5.41, 5.74) is 7.05. The monoisotopic (exact) mass is 445 g/mol. The van der Waals surface area contributed by atoms with E-state index in [2.05, 4.69) is 90.3 Å². The Balaban J connectivity index is 1.43. The number of allylic oxidation sites excluding steroid dienone is 1. The number of aliphatic hydroxyl groups is 1. The number of aliphatic hydroxyl groups excluding tert-OH is 1. The Hall–Kier alpha value is -3.62. The zero-order valence-electron chi connectivity index (χ0n) is 19.4. The normalized spacial score (nSPS) is 18.7. The van der Waals surface area contributed by atoms with Crippen LogP contribution in [0.4, 0.5) is 5.69 Å². The first-order valence-corrected chi connectivity index (χ1v) is 12.1. The number of hydrogen-bond acceptors (Lipinski definition) is 2. The molecule has 0 bridgehead atoms. The maximum absolute atomic E-state index is 10.8. The smallest absolute Gasteiger partial charge is 0.0790 e. The van der Waals surface area contributed by atoms with E-state index in [1.807, 2.05) is 36.4 Å². The summed E-state index contributed by atoms with van der Waals surface area (Å²) in [6.07, 6.45) is 2.16. The molecule has 4 aromatic rings. The third-order valence-electron chi connectivity index (χ3n) is 6.95. The molecule has 170 valence electrons. The molecule has 0 radical (unpaired) electrons. The van der Waals surface area contributed by atoms with Gasteiger partial charge in [0.2, 0.25) is 0 Å². The van der Waals surface area contributed by atoms with E-state index in [9.17, 15) is 5.11 Å². The number of rotatable bonds is 7. The Morgan fingerprint density at radius 3 is 1.94 bits per heavy atom. The Morgan fingerprint density at radius 2 is 1.29 bits per heavy atom. The summed E-state index contributed by atoms with van der Waals surface area (Å²) in [5.74, 6) is 0.383. The van der Waals surface area contributed by atoms with Gasteiger partial charge in [-0.2, -0.15) is 0 Å². The van der Waals surface area contributed by atoms with Gasteiger partial charge < -0.3 is 10.0 Å². The van der Waals surface area contributed by atoms with Crippen LogP contribution in [-0.4, -0.2) is 5.11 Å². The van der Waals surface area contributed by atoms with Crippen LogP contribution in [0.5, 0.6) is 0 Å². The molecule has 3 unspecified atom stereocenters. The second kappa shape index (κ2) is 10.1. The van der Waals surface area contributed by atoms with Crippen LogP contribution >= 0.6 is 0 Å². The highest BCUT2D eigenvalue weighted by Crippen LogP contribution is 2.48. The lowest BCUT2D eigenvalue weighted by molar-refractivity contribution is 0.155. The molecule has 1 heterocycles. The highest BCUT2D eigenvalue weighted by atomic mass is 16.3. The second-order valence-corrected chi connectivity index (χ2v) is 9.17. The first-order chi connectivity index (χ1) is 16.7. The highest BCUT2D eigenvalue weighted by Gasteiger charge is 2.38. The van der Waals surface area contributed by atoms with Crippen molar-refractivity contribution >= 4 is 5.69 Å². The summed E-state index contributed by atoms with van der Waals surface area (Å²) in [7, 11) is 0. The van der Waals surface area contributed by atoms with Crippen molar-refractivity contribution < 1.29 is 5.11 Å². The van der Waals surface area contributed by atoms with Crippen molar-refractivity contribution in [2.45, 2.75) is 31.4 Å². The van der Waals surface area contributed by atoms with Gasteiger partial charge in [0.05, 0.1) is 12.1 Å². The average molecular weight is 446 g/mol. The van der Waals surface area contributed by atoms with Crippen molar-refractivity contribution in [1.82, 2.24) is 0 Å². The minimum Gasteiger partial charge on any atom is -0.388 e. The molecule has 0 spiro atoms. The molecule has 3 atom stereocenters. The number of nitrogens with zero attached hydrogens (tertiary/aromatic N) is 1. The van der Waals surface area contributed by atoms with Gasteiger partial charge in [-0.25, -0.2) is 0 Å². The van der Waals surface area contributed by atoms with Gasteiger partial charge in [-0.05, 0) is 59.6 Å². The van der Waals surface area contributed by atoms with Crippen molar-refractivity contribution in [3.8, 4) is 11.1 Å². The zero-order valence-corrected chi connectivity index (χ0v) is 19.4. The van der Waals surface area contributed by atoms with Gasteiger partial charge in [-0.1, -0.05) is 110 Å². The van der Waals surface area contributed by atoms with Gasteiger partial charge in [-0.15, -0.1) is 0 Å². The van der Waals surface area contributed by atoms with E-state index in [1.54, 1.807) is 0 Å². The topological polar surface area (TPSA) is 23.5 Å². The minimum atomic E-state index is -0.443. The van der Waals surface area contributed by atoms with E-state index in [0.717, 1.165) is 30.5 Å². The van der Waals surface area contributed by atoms with Gasteiger partial charge >= 0.3 is 0 Å². The fourth-order valence-corrected chi connectivity index (χ4v) is 5.25. The Bertz CT molecular complexity index is 1200. The SMILES string of the molecule is C=C1CC(CCC(O)c2ccccc2)C(c2ccc(-c3ccccc3)cc2)N1c1ccccc1. The molecule has 1 aliphatic heterocycles. The van der Waals surface area contributed by atoms with Crippen LogP contribution in [0.1, 0.15) is 42.5 Å². The van der Waals surface area contributed by atoms with E-state index in [0.29, 0.717) is 5.92 Å². The van der Waals surface area contributed by atoms with Crippen LogP contribution < -0.4 is 4.90 Å². The summed E-state index contributed by atoms with van der Waals surface area (Å²) < 4.78 is 0. The van der Waals surface area contributed by atoms with Gasteiger partial charge in [0.25, 0.3) is 0 Å². The number of para-hydroxylation sites is 1. The van der Waals surface area contributed by atoms with Crippen LogP contribution in [0.2, 0.25) is 0 Å². The Labute approximate surface area is 202 Å². The Morgan fingerprint density at radius 1 is 0.735 bits per heavy atom. The molecule has 2 heteroatoms. The van der Waals surface area contributed by atoms with Crippen LogP contribution in [0, 0.1) is 5.92 Å². The third-order valence-corrected chi connectivity index (χ3v) is 6.95. The lowest BCUT2D eigenvalue weighted by Crippen LogP contribution is -2.24. The van der Waals surface area contributed by atoms with Gasteiger partial charge in [0.15, 0.2) is 0 Å². The summed E-state index contributed by atoms with van der Waals surface area (Å²) in [4.78, 5) is 2.40. The largest absolute Gasteiger partial charge is 0.388 e. The first-order valence-electron chi connectivity index (χ1n) is 12.1. The molecule has 0 amide bonds. The van der Waals surface area contributed by atoms with Crippen LogP contribution in [-0.2, 0) is 0 Å². The van der Waals surface area contributed by atoms with Crippen molar-refractivity contribution in [3.05, 3.63) is 139 Å². The van der Waals surface area contributed by atoms with Crippen molar-refractivity contribution in [1.29, 1.82) is 0 Å². The van der Waals surface area contributed by atoms with Crippen molar-refractivity contribution in [2.24, 2.45) is 5.92 Å². The first kappa shape index (κ1) is 22.2. The molecule has 0 saturated carbocycles. The third kappa shape index (κ3) is 4.69. The molecule has 1 N–H and O–H groups in total. The van der Waals surface area contributed by atoms with Crippen molar-refractivity contribution in [2.75, 3.05) is 4.90 Å². The molecule has 5 rings (SSSR count). The maximum Gasteiger partial charge on any atom is 0.0790 e. The predicted molar refractivity (Wildman–Crippen MR) is 141 cm³/mol. The number of hydrogen-bond donors (Lipinski definition) is 1. The highest BCUT2D eigenvalue weighted by molar-refractivity contribution is 5.64. The zero-order chi connectivity index (χ0) is 23.3. The average Bonchev–Trinajstić information content (AvgIpc) is 3.24. The van der Waals surface area contributed by atoms with Crippen molar-refractivity contribution in [3.63, 3.8) is 0 Å². The second-order valence-electron chi connectivity index (χ2n) is 9.17. The van der Waals surface area contributed by atoms with E-state index < -0.39 is 6.10 Å². The number of anilines is 1. The fraction of sp³-hybridized carbons (Fsp3) is 0.188. The minimum absolute atomic E-state index is 0.197. The van der Waals surface area contributed by atoms with E-state index in [1.165, 1.54) is 22.4 Å². The molecule has 0 aliphatic carbocycles. The predicted octanol–water partition coefficient (Wildman–Crippen LogP) is 7.95. The number of benzene rings is 4. The summed E-state index contributed by atoms with van der Waals surface area (Å²) in [6.45, 7) is 4.45. The lowest BCUT2D eigenvalue weighted by Gasteiger charge is -2.31. The van der Waals surface area contributed by atoms with Gasteiger partial charge in [0, 0.05) is 11.4 Å². The molecule has 1 aliphatic rings. The maximum atomic E-state index is 10.8. The van der Waals surface area contributed by atoms with Crippen LogP contribution in [0.15, 0.2) is 128 Å².